The number of amides is 2. The van der Waals surface area contributed by atoms with E-state index >= 15 is 0 Å². The fourth-order valence-electron chi connectivity index (χ4n) is 3.00. The number of furan rings is 1. The molecule has 3 N–H and O–H groups in total. The van der Waals surface area contributed by atoms with E-state index < -0.39 is 17.9 Å². The zero-order valence-corrected chi connectivity index (χ0v) is 17.6. The van der Waals surface area contributed by atoms with E-state index in [0.29, 0.717) is 41.2 Å². The molecule has 0 fully saturated rings. The van der Waals surface area contributed by atoms with Gasteiger partial charge in [-0.1, -0.05) is 0 Å². The number of fused-ring (bicyclic) bond motifs is 1. The van der Waals surface area contributed by atoms with Crippen LogP contribution in [0.1, 0.15) is 26.0 Å². The molecule has 0 aliphatic rings. The quantitative estimate of drug-likeness (QED) is 0.583. The molecule has 2 aromatic heterocycles. The van der Waals surface area contributed by atoms with Crippen molar-refractivity contribution in [1.82, 2.24) is 15.2 Å². The predicted octanol–water partition coefficient (Wildman–Crippen LogP) is 2.23. The van der Waals surface area contributed by atoms with E-state index in [9.17, 15) is 9.59 Å². The summed E-state index contributed by atoms with van der Waals surface area (Å²) in [5.41, 5.74) is 6.36. The predicted molar refractivity (Wildman–Crippen MR) is 111 cm³/mol. The van der Waals surface area contributed by atoms with Crippen molar-refractivity contribution in [2.75, 3.05) is 20.6 Å². The number of aromatic nitrogens is 1. The zero-order chi connectivity index (χ0) is 21.1. The summed E-state index contributed by atoms with van der Waals surface area (Å²) in [5.74, 6) is 0.0578. The Balaban J connectivity index is 1.83. The average Bonchev–Trinajstić information content (AvgIpc) is 3.20. The van der Waals surface area contributed by atoms with E-state index in [0.717, 1.165) is 9.88 Å². The molecule has 154 valence electrons. The number of aryl methyl sites for hydroxylation is 2. The van der Waals surface area contributed by atoms with Crippen molar-refractivity contribution in [3.63, 3.8) is 0 Å². The number of carbonyl (C=O) groups is 2. The number of rotatable bonds is 8. The zero-order valence-electron chi connectivity index (χ0n) is 16.8. The third-order valence-corrected chi connectivity index (χ3v) is 5.20. The first kappa shape index (κ1) is 20.8. The third kappa shape index (κ3) is 4.93. The smallest absolute Gasteiger partial charge is 0.256 e. The minimum Gasteiger partial charge on any atom is -0.488 e. The fraction of sp³-hybridized carbons (Fsp3) is 0.350. The first-order chi connectivity index (χ1) is 13.7. The Labute approximate surface area is 172 Å². The largest absolute Gasteiger partial charge is 0.488 e. The summed E-state index contributed by atoms with van der Waals surface area (Å²) in [7, 11) is 3.60. The van der Waals surface area contributed by atoms with Crippen molar-refractivity contribution < 1.29 is 18.7 Å². The second-order valence-electron chi connectivity index (χ2n) is 7.02. The minimum atomic E-state index is -0.809. The van der Waals surface area contributed by atoms with Crippen LogP contribution in [0.5, 0.6) is 5.75 Å². The Morgan fingerprint density at radius 1 is 1.34 bits per heavy atom. The van der Waals surface area contributed by atoms with Gasteiger partial charge in [0, 0.05) is 18.1 Å². The van der Waals surface area contributed by atoms with Crippen LogP contribution in [0, 0.1) is 13.8 Å². The Morgan fingerprint density at radius 3 is 2.72 bits per heavy atom. The Bertz CT molecular complexity index is 1040. The number of hydrogen-bond acceptors (Lipinski definition) is 7. The van der Waals surface area contributed by atoms with Gasteiger partial charge < -0.3 is 25.1 Å². The third-order valence-electron chi connectivity index (χ3n) is 4.31. The van der Waals surface area contributed by atoms with Crippen molar-refractivity contribution in [2.24, 2.45) is 5.73 Å². The number of likely N-dealkylation sites (N-methyl/N-ethyl adjacent to an activating group) is 1. The number of carbonyl (C=O) groups excluding carboxylic acids is 2. The molecule has 1 unspecified atom stereocenters. The Kier molecular flexibility index (Phi) is 6.19. The highest BCUT2D eigenvalue weighted by Crippen LogP contribution is 2.29. The van der Waals surface area contributed by atoms with Gasteiger partial charge in [0.05, 0.1) is 15.4 Å². The SMILES string of the molecule is Cc1ncc(COc2ccc3oc(C)c(C(=O)NC(CN(C)C)C(N)=O)c3c2)s1. The lowest BCUT2D eigenvalue weighted by Gasteiger charge is -2.19. The number of hydrogen-bond donors (Lipinski definition) is 2. The molecule has 0 bridgehead atoms. The van der Waals surface area contributed by atoms with Gasteiger partial charge in [0.2, 0.25) is 5.91 Å². The lowest BCUT2D eigenvalue weighted by molar-refractivity contribution is -0.120. The van der Waals surface area contributed by atoms with Gasteiger partial charge in [-0.25, -0.2) is 4.98 Å². The average molecular weight is 417 g/mol. The maximum Gasteiger partial charge on any atom is 0.256 e. The summed E-state index contributed by atoms with van der Waals surface area (Å²) in [6, 6.07) is 4.51. The molecule has 0 saturated heterocycles. The van der Waals surface area contributed by atoms with Crippen LogP contribution < -0.4 is 15.8 Å². The van der Waals surface area contributed by atoms with Gasteiger partial charge in [0.15, 0.2) is 0 Å². The first-order valence-electron chi connectivity index (χ1n) is 9.06. The molecule has 0 saturated carbocycles. The standard InChI is InChI=1S/C20H24N4O4S/c1-11-18(20(26)23-16(19(21)25)9-24(3)4)15-7-13(5-6-17(15)28-11)27-10-14-8-22-12(2)29-14/h5-8,16H,9-10H2,1-4H3,(H2,21,25)(H,23,26). The molecule has 2 heterocycles. The van der Waals surface area contributed by atoms with Gasteiger partial charge in [-0.2, -0.15) is 0 Å². The molecule has 0 aliphatic heterocycles. The van der Waals surface area contributed by atoms with Crippen molar-refractivity contribution >= 4 is 34.1 Å². The maximum atomic E-state index is 12.9. The number of nitrogens with one attached hydrogen (secondary N) is 1. The summed E-state index contributed by atoms with van der Waals surface area (Å²) in [6.07, 6.45) is 1.79. The Hall–Kier alpha value is -2.91. The molecule has 0 spiro atoms. The minimum absolute atomic E-state index is 0.304. The lowest BCUT2D eigenvalue weighted by Crippen LogP contribution is -2.49. The fourth-order valence-corrected chi connectivity index (χ4v) is 3.71. The van der Waals surface area contributed by atoms with Crippen molar-refractivity contribution in [3.05, 3.63) is 45.6 Å². The highest BCUT2D eigenvalue weighted by Gasteiger charge is 2.24. The van der Waals surface area contributed by atoms with Crippen LogP contribution >= 0.6 is 11.3 Å². The molecule has 0 aliphatic carbocycles. The molecule has 8 nitrogen and oxygen atoms in total. The number of primary amides is 1. The molecule has 29 heavy (non-hydrogen) atoms. The summed E-state index contributed by atoms with van der Waals surface area (Å²) in [6.45, 7) is 4.34. The molecule has 9 heteroatoms. The highest BCUT2D eigenvalue weighted by molar-refractivity contribution is 7.11. The monoisotopic (exact) mass is 416 g/mol. The molecule has 1 aromatic carbocycles. The van der Waals surface area contributed by atoms with Crippen molar-refractivity contribution in [1.29, 1.82) is 0 Å². The lowest BCUT2D eigenvalue weighted by atomic mass is 10.1. The first-order valence-corrected chi connectivity index (χ1v) is 9.88. The van der Waals surface area contributed by atoms with Gasteiger partial charge in [-0.05, 0) is 46.1 Å². The number of nitrogens with zero attached hydrogens (tertiary/aromatic N) is 2. The van der Waals surface area contributed by atoms with Crippen molar-refractivity contribution in [2.45, 2.75) is 26.5 Å². The maximum absolute atomic E-state index is 12.9. The second-order valence-corrected chi connectivity index (χ2v) is 8.34. The number of ether oxygens (including phenoxy) is 1. The number of benzene rings is 1. The van der Waals surface area contributed by atoms with Crippen LogP contribution in [-0.2, 0) is 11.4 Å². The van der Waals surface area contributed by atoms with Crippen LogP contribution in [0.2, 0.25) is 0 Å². The summed E-state index contributed by atoms with van der Waals surface area (Å²) >= 11 is 1.57. The van der Waals surface area contributed by atoms with Crippen molar-refractivity contribution in [3.8, 4) is 5.75 Å². The van der Waals surface area contributed by atoms with E-state index in [2.05, 4.69) is 10.3 Å². The Morgan fingerprint density at radius 2 is 2.10 bits per heavy atom. The van der Waals surface area contributed by atoms with Gasteiger partial charge in [-0.3, -0.25) is 9.59 Å². The highest BCUT2D eigenvalue weighted by atomic mass is 32.1. The normalized spacial score (nSPS) is 12.3. The second kappa shape index (κ2) is 8.62. The van der Waals surface area contributed by atoms with E-state index in [1.54, 1.807) is 61.7 Å². The molecule has 2 amide bonds. The van der Waals surface area contributed by atoms with Gasteiger partial charge in [0.1, 0.15) is 29.7 Å². The van der Waals surface area contributed by atoms with Gasteiger partial charge in [-0.15, -0.1) is 11.3 Å². The van der Waals surface area contributed by atoms with Gasteiger partial charge >= 0.3 is 0 Å². The molecular formula is C20H24N4O4S. The van der Waals surface area contributed by atoms with E-state index in [1.807, 2.05) is 6.92 Å². The number of nitrogens with two attached hydrogens (primary N) is 1. The van der Waals surface area contributed by atoms with Crippen LogP contribution in [0.15, 0.2) is 28.8 Å². The summed E-state index contributed by atoms with van der Waals surface area (Å²) < 4.78 is 11.6. The van der Waals surface area contributed by atoms with E-state index in [1.165, 1.54) is 0 Å². The molecule has 3 aromatic rings. The van der Waals surface area contributed by atoms with Gasteiger partial charge in [0.25, 0.3) is 5.91 Å². The molecule has 3 rings (SSSR count). The molecular weight excluding hydrogens is 392 g/mol. The van der Waals surface area contributed by atoms with Crippen LogP contribution in [0.4, 0.5) is 0 Å². The summed E-state index contributed by atoms with van der Waals surface area (Å²) in [4.78, 5) is 31.6. The van der Waals surface area contributed by atoms with Crippen LogP contribution in [-0.4, -0.2) is 48.4 Å². The van der Waals surface area contributed by atoms with Crippen LogP contribution in [0.3, 0.4) is 0 Å². The van der Waals surface area contributed by atoms with Crippen LogP contribution in [0.25, 0.3) is 11.0 Å². The number of thiazole rings is 1. The van der Waals surface area contributed by atoms with E-state index in [4.69, 9.17) is 14.9 Å². The summed E-state index contributed by atoms with van der Waals surface area (Å²) in [5, 5.41) is 4.29. The molecule has 1 atom stereocenters. The molecule has 0 radical (unpaired) electrons. The van der Waals surface area contributed by atoms with E-state index in [-0.39, 0.29) is 0 Å². The topological polar surface area (TPSA) is 111 Å².